The van der Waals surface area contributed by atoms with Gasteiger partial charge < -0.3 is 9.84 Å². The molecule has 2 unspecified atom stereocenters. The number of aromatic nitrogens is 2. The summed E-state index contributed by atoms with van der Waals surface area (Å²) in [5.41, 5.74) is 2.86. The van der Waals surface area contributed by atoms with Crippen molar-refractivity contribution in [2.75, 3.05) is 13.1 Å². The van der Waals surface area contributed by atoms with Gasteiger partial charge in [0.25, 0.3) is 0 Å². The SMILES string of the molecule is CC1CNCC1c1nc(C2Cc3ccccc3C2)no1. The lowest BCUT2D eigenvalue weighted by atomic mass is 9.98. The van der Waals surface area contributed by atoms with Crippen molar-refractivity contribution in [2.24, 2.45) is 5.92 Å². The van der Waals surface area contributed by atoms with E-state index in [2.05, 4.69) is 46.6 Å². The number of hydrogen-bond donors (Lipinski definition) is 1. The second-order valence-corrected chi connectivity index (χ2v) is 6.11. The summed E-state index contributed by atoms with van der Waals surface area (Å²) in [7, 11) is 0. The van der Waals surface area contributed by atoms with Crippen molar-refractivity contribution in [3.63, 3.8) is 0 Å². The third-order valence-electron chi connectivity index (χ3n) is 4.71. The lowest BCUT2D eigenvalue weighted by Crippen LogP contribution is -2.09. The Bertz CT molecular complexity index is 597. The molecule has 2 atom stereocenters. The second-order valence-electron chi connectivity index (χ2n) is 6.11. The van der Waals surface area contributed by atoms with Gasteiger partial charge in [-0.2, -0.15) is 4.98 Å². The molecule has 4 rings (SSSR count). The topological polar surface area (TPSA) is 51.0 Å². The van der Waals surface area contributed by atoms with Crippen LogP contribution in [-0.2, 0) is 12.8 Å². The zero-order chi connectivity index (χ0) is 13.5. The van der Waals surface area contributed by atoms with Crippen LogP contribution < -0.4 is 5.32 Å². The molecule has 1 N–H and O–H groups in total. The van der Waals surface area contributed by atoms with Crippen molar-refractivity contribution in [3.8, 4) is 0 Å². The van der Waals surface area contributed by atoms with Gasteiger partial charge in [0.05, 0.1) is 5.92 Å². The first kappa shape index (κ1) is 12.1. The highest BCUT2D eigenvalue weighted by Crippen LogP contribution is 2.34. The average molecular weight is 269 g/mol. The first-order chi connectivity index (χ1) is 9.81. The number of rotatable bonds is 2. The molecule has 1 aromatic carbocycles. The smallest absolute Gasteiger partial charge is 0.231 e. The van der Waals surface area contributed by atoms with E-state index in [1.807, 2.05) is 0 Å². The largest absolute Gasteiger partial charge is 0.339 e. The molecule has 0 amide bonds. The van der Waals surface area contributed by atoms with Crippen LogP contribution in [0.3, 0.4) is 0 Å². The Morgan fingerprint density at radius 3 is 2.55 bits per heavy atom. The lowest BCUT2D eigenvalue weighted by Gasteiger charge is -2.07. The predicted molar refractivity (Wildman–Crippen MR) is 75.7 cm³/mol. The molecule has 20 heavy (non-hydrogen) atoms. The van der Waals surface area contributed by atoms with Gasteiger partial charge in [0.1, 0.15) is 0 Å². The maximum Gasteiger partial charge on any atom is 0.231 e. The van der Waals surface area contributed by atoms with Gasteiger partial charge in [-0.25, -0.2) is 0 Å². The van der Waals surface area contributed by atoms with Gasteiger partial charge >= 0.3 is 0 Å². The summed E-state index contributed by atoms with van der Waals surface area (Å²) in [5.74, 6) is 3.03. The Labute approximate surface area is 118 Å². The van der Waals surface area contributed by atoms with Crippen LogP contribution in [0.1, 0.15) is 41.6 Å². The molecule has 1 aromatic heterocycles. The fourth-order valence-electron chi connectivity index (χ4n) is 3.45. The third kappa shape index (κ3) is 1.95. The molecule has 1 saturated heterocycles. The molecular formula is C16H19N3O. The summed E-state index contributed by atoms with van der Waals surface area (Å²) < 4.78 is 5.53. The van der Waals surface area contributed by atoms with Crippen molar-refractivity contribution in [1.82, 2.24) is 15.5 Å². The van der Waals surface area contributed by atoms with Crippen molar-refractivity contribution in [1.29, 1.82) is 0 Å². The minimum Gasteiger partial charge on any atom is -0.339 e. The Morgan fingerprint density at radius 1 is 1.15 bits per heavy atom. The van der Waals surface area contributed by atoms with E-state index in [1.54, 1.807) is 0 Å². The molecule has 4 heteroatoms. The van der Waals surface area contributed by atoms with Crippen LogP contribution in [0.2, 0.25) is 0 Å². The van der Waals surface area contributed by atoms with Crippen LogP contribution in [-0.4, -0.2) is 23.2 Å². The molecular weight excluding hydrogens is 250 g/mol. The quantitative estimate of drug-likeness (QED) is 0.908. The third-order valence-corrected chi connectivity index (χ3v) is 4.71. The Morgan fingerprint density at radius 2 is 1.90 bits per heavy atom. The second kappa shape index (κ2) is 4.70. The maximum absolute atomic E-state index is 5.53. The molecule has 104 valence electrons. The zero-order valence-corrected chi connectivity index (χ0v) is 11.7. The highest BCUT2D eigenvalue weighted by Gasteiger charge is 2.32. The first-order valence-electron chi connectivity index (χ1n) is 7.42. The van der Waals surface area contributed by atoms with Gasteiger partial charge in [-0.3, -0.25) is 0 Å². The molecule has 1 fully saturated rings. The molecule has 2 aromatic rings. The molecule has 2 heterocycles. The van der Waals surface area contributed by atoms with Crippen molar-refractivity contribution >= 4 is 0 Å². The summed E-state index contributed by atoms with van der Waals surface area (Å²) in [6.45, 7) is 4.23. The van der Waals surface area contributed by atoms with Crippen molar-refractivity contribution in [2.45, 2.75) is 31.6 Å². The first-order valence-corrected chi connectivity index (χ1v) is 7.42. The van der Waals surface area contributed by atoms with E-state index in [0.29, 0.717) is 17.8 Å². The number of benzene rings is 1. The van der Waals surface area contributed by atoms with Gasteiger partial charge in [0.15, 0.2) is 5.82 Å². The van der Waals surface area contributed by atoms with E-state index in [1.165, 1.54) is 11.1 Å². The highest BCUT2D eigenvalue weighted by molar-refractivity contribution is 5.34. The van der Waals surface area contributed by atoms with Crippen molar-refractivity contribution in [3.05, 3.63) is 47.1 Å². The van der Waals surface area contributed by atoms with Gasteiger partial charge in [0.2, 0.25) is 5.89 Å². The normalized spacial score (nSPS) is 26.1. The van der Waals surface area contributed by atoms with Crippen molar-refractivity contribution < 1.29 is 4.52 Å². The van der Waals surface area contributed by atoms with Crippen LogP contribution in [0.5, 0.6) is 0 Å². The van der Waals surface area contributed by atoms with Crippen LogP contribution in [0.4, 0.5) is 0 Å². The van der Waals surface area contributed by atoms with E-state index in [0.717, 1.165) is 37.6 Å². The standard InChI is InChI=1S/C16H19N3O/c1-10-8-17-9-14(10)16-18-15(19-20-16)13-6-11-4-2-3-5-12(11)7-13/h2-5,10,13-14,17H,6-9H2,1H3. The monoisotopic (exact) mass is 269 g/mol. The van der Waals surface area contributed by atoms with Crippen LogP contribution >= 0.6 is 0 Å². The molecule has 0 radical (unpaired) electrons. The predicted octanol–water partition coefficient (Wildman–Crippen LogP) is 2.27. The number of nitrogens with zero attached hydrogens (tertiary/aromatic N) is 2. The van der Waals surface area contributed by atoms with Gasteiger partial charge in [-0.15, -0.1) is 0 Å². The molecule has 0 bridgehead atoms. The van der Waals surface area contributed by atoms with E-state index in [4.69, 9.17) is 4.52 Å². The van der Waals surface area contributed by atoms with E-state index < -0.39 is 0 Å². The Balaban J connectivity index is 1.55. The summed E-state index contributed by atoms with van der Waals surface area (Å²) in [5, 5.41) is 7.63. The van der Waals surface area contributed by atoms with E-state index >= 15 is 0 Å². The van der Waals surface area contributed by atoms with Crippen LogP contribution in [0.25, 0.3) is 0 Å². The average Bonchev–Trinajstić information content (AvgIpc) is 3.15. The molecule has 0 spiro atoms. The van der Waals surface area contributed by atoms with Crippen LogP contribution in [0.15, 0.2) is 28.8 Å². The minimum absolute atomic E-state index is 0.375. The number of nitrogens with one attached hydrogen (secondary N) is 1. The van der Waals surface area contributed by atoms with Crippen LogP contribution in [0, 0.1) is 5.92 Å². The summed E-state index contributed by atoms with van der Waals surface area (Å²) >= 11 is 0. The molecule has 1 aliphatic carbocycles. The Hall–Kier alpha value is -1.68. The lowest BCUT2D eigenvalue weighted by molar-refractivity contribution is 0.335. The maximum atomic E-state index is 5.53. The minimum atomic E-state index is 0.375. The number of fused-ring (bicyclic) bond motifs is 1. The molecule has 4 nitrogen and oxygen atoms in total. The molecule has 0 saturated carbocycles. The number of hydrogen-bond acceptors (Lipinski definition) is 4. The summed E-state index contributed by atoms with van der Waals surface area (Å²) in [6, 6.07) is 8.63. The fraction of sp³-hybridized carbons (Fsp3) is 0.500. The Kier molecular flexibility index (Phi) is 2.84. The van der Waals surface area contributed by atoms with E-state index in [-0.39, 0.29) is 0 Å². The fourth-order valence-corrected chi connectivity index (χ4v) is 3.45. The van der Waals surface area contributed by atoms with Gasteiger partial charge in [-0.1, -0.05) is 36.3 Å². The molecule has 2 aliphatic rings. The highest BCUT2D eigenvalue weighted by atomic mass is 16.5. The summed E-state index contributed by atoms with van der Waals surface area (Å²) in [4.78, 5) is 4.69. The van der Waals surface area contributed by atoms with Gasteiger partial charge in [-0.05, 0) is 36.4 Å². The summed E-state index contributed by atoms with van der Waals surface area (Å²) in [6.07, 6.45) is 2.07. The van der Waals surface area contributed by atoms with E-state index in [9.17, 15) is 0 Å². The molecule has 1 aliphatic heterocycles. The zero-order valence-electron chi connectivity index (χ0n) is 11.7. The van der Waals surface area contributed by atoms with Gasteiger partial charge in [0, 0.05) is 12.5 Å².